The van der Waals surface area contributed by atoms with Gasteiger partial charge in [-0.3, -0.25) is 0 Å². The molecule has 0 saturated heterocycles. The van der Waals surface area contributed by atoms with Gasteiger partial charge in [0.1, 0.15) is 0 Å². The van der Waals surface area contributed by atoms with Crippen molar-refractivity contribution in [3.05, 3.63) is 0 Å². The summed E-state index contributed by atoms with van der Waals surface area (Å²) >= 11 is 0. The van der Waals surface area contributed by atoms with Crippen LogP contribution in [0, 0.1) is 0 Å². The van der Waals surface area contributed by atoms with E-state index in [4.69, 9.17) is 0 Å². The van der Waals surface area contributed by atoms with E-state index in [1.165, 1.54) is 347 Å². The van der Waals surface area contributed by atoms with E-state index in [1.54, 1.807) is 0 Å². The van der Waals surface area contributed by atoms with Crippen molar-refractivity contribution in [3.63, 3.8) is 0 Å². The Morgan fingerprint density at radius 3 is 0.271 bits per heavy atom. The van der Waals surface area contributed by atoms with Gasteiger partial charge in [-0.2, -0.15) is 0 Å². The Labute approximate surface area is 456 Å². The lowest BCUT2D eigenvalue weighted by Gasteiger charge is -2.04. The smallest absolute Gasteiger partial charge is 0 e. The maximum Gasteiger partial charge on any atom is 0 e. The Kier molecular flexibility index (Phi) is 88.8. The molecule has 0 aromatic carbocycles. The van der Waals surface area contributed by atoms with E-state index < -0.39 is 0 Å². The van der Waals surface area contributed by atoms with Crippen molar-refractivity contribution in [2.45, 2.75) is 406 Å². The molecule has 0 aromatic rings. The van der Waals surface area contributed by atoms with Crippen molar-refractivity contribution < 1.29 is 15.3 Å². The molecule has 0 aliphatic heterocycles. The maximum absolute atomic E-state index is 10.3. The fourth-order valence-electron chi connectivity index (χ4n) is 10.1. The Hall–Kier alpha value is 0.412. The zero-order chi connectivity index (χ0) is 50.5. The largest absolute Gasteiger partial charge is 0.854 e. The van der Waals surface area contributed by atoms with Crippen LogP contribution in [-0.4, -0.2) is 37.2 Å². The molecule has 3 radical (unpaired) electrons. The molecule has 0 saturated carbocycles. The Balaban J connectivity index is -0.000000463. The van der Waals surface area contributed by atoms with Gasteiger partial charge in [0.2, 0.25) is 0 Å². The number of unbranched alkanes of at least 4 members (excludes halogenated alkanes) is 57. The lowest BCUT2D eigenvalue weighted by Crippen LogP contribution is -2.04. The van der Waals surface area contributed by atoms with Gasteiger partial charge in [0.25, 0.3) is 0 Å². The zero-order valence-corrected chi connectivity index (χ0v) is 50.5. The van der Waals surface area contributed by atoms with Crippen LogP contribution < -0.4 is 15.3 Å². The first-order valence-corrected chi connectivity index (χ1v) is 33.0. The average molecular weight is 1000 g/mol. The van der Waals surface area contributed by atoms with Crippen LogP contribution in [0.3, 0.4) is 0 Å². The SMILES string of the molecule is CCCCCCCCCCCCCCCCCCCCCC[O-].CCCCCCCCCCCCCCCCCCCCCC[O-].CCCCCCCCCCCCCCCCCCCCCC[O-].[Al]. The van der Waals surface area contributed by atoms with E-state index in [2.05, 4.69) is 20.8 Å². The third-order valence-corrected chi connectivity index (χ3v) is 15.0. The molecule has 0 atom stereocenters. The van der Waals surface area contributed by atoms with Crippen molar-refractivity contribution in [1.29, 1.82) is 0 Å². The molecule has 70 heavy (non-hydrogen) atoms. The first-order valence-electron chi connectivity index (χ1n) is 33.0. The zero-order valence-electron chi connectivity index (χ0n) is 49.3. The minimum Gasteiger partial charge on any atom is -0.854 e. The van der Waals surface area contributed by atoms with Gasteiger partial charge in [0, 0.05) is 17.4 Å². The number of hydrogen-bond acceptors (Lipinski definition) is 3. The summed E-state index contributed by atoms with van der Waals surface area (Å²) in [4.78, 5) is 0. The van der Waals surface area contributed by atoms with E-state index in [9.17, 15) is 15.3 Å². The van der Waals surface area contributed by atoms with Crippen molar-refractivity contribution in [2.24, 2.45) is 0 Å². The second kappa shape index (κ2) is 80.8. The van der Waals surface area contributed by atoms with Crippen LogP contribution in [0.5, 0.6) is 0 Å². The Morgan fingerprint density at radius 2 is 0.200 bits per heavy atom. The molecular formula is C66H135AlO3-3. The fourth-order valence-corrected chi connectivity index (χ4v) is 10.1. The average Bonchev–Trinajstić information content (AvgIpc) is 3.36. The minimum absolute atomic E-state index is 0. The quantitative estimate of drug-likeness (QED) is 0.0450. The molecule has 0 aliphatic rings. The van der Waals surface area contributed by atoms with Gasteiger partial charge in [-0.25, -0.2) is 0 Å². The van der Waals surface area contributed by atoms with Crippen LogP contribution >= 0.6 is 0 Å². The molecule has 423 valence electrons. The van der Waals surface area contributed by atoms with Crippen molar-refractivity contribution in [1.82, 2.24) is 0 Å². The van der Waals surface area contributed by atoms with Crippen molar-refractivity contribution in [2.75, 3.05) is 19.8 Å². The molecule has 0 N–H and O–H groups in total. The van der Waals surface area contributed by atoms with Crippen LogP contribution in [-0.2, 0) is 0 Å². The highest BCUT2D eigenvalue weighted by Gasteiger charge is 1.98. The molecule has 4 heteroatoms. The van der Waals surface area contributed by atoms with Gasteiger partial charge in [0.15, 0.2) is 0 Å². The fraction of sp³-hybridized carbons (Fsp3) is 1.00. The Bertz CT molecular complexity index is 619. The summed E-state index contributed by atoms with van der Waals surface area (Å²) in [7, 11) is 0. The normalized spacial score (nSPS) is 11.1. The molecule has 0 bridgehead atoms. The predicted octanol–water partition coefficient (Wildman–Crippen LogP) is 21.1. The molecule has 0 heterocycles. The highest BCUT2D eigenvalue weighted by molar-refractivity contribution is 5.75. The summed E-state index contributed by atoms with van der Waals surface area (Å²) in [5, 5.41) is 30.9. The van der Waals surface area contributed by atoms with Crippen LogP contribution in [0.4, 0.5) is 0 Å². The monoisotopic (exact) mass is 1000 g/mol. The van der Waals surface area contributed by atoms with Crippen LogP contribution in [0.1, 0.15) is 406 Å². The van der Waals surface area contributed by atoms with Crippen molar-refractivity contribution in [3.8, 4) is 0 Å². The highest BCUT2D eigenvalue weighted by atomic mass is 27.0. The molecule has 0 unspecified atom stereocenters. The molecular weight excluding hydrogens is 868 g/mol. The third-order valence-electron chi connectivity index (χ3n) is 15.0. The second-order valence-electron chi connectivity index (χ2n) is 22.3. The second-order valence-corrected chi connectivity index (χ2v) is 22.3. The van der Waals surface area contributed by atoms with E-state index in [1.807, 2.05) is 0 Å². The van der Waals surface area contributed by atoms with Gasteiger partial charge >= 0.3 is 0 Å². The molecule has 0 aliphatic carbocycles. The van der Waals surface area contributed by atoms with Crippen molar-refractivity contribution >= 4 is 17.4 Å². The first kappa shape index (κ1) is 76.9. The van der Waals surface area contributed by atoms with Gasteiger partial charge in [-0.05, 0) is 0 Å². The van der Waals surface area contributed by atoms with Crippen LogP contribution in [0.15, 0.2) is 0 Å². The maximum atomic E-state index is 10.3. The van der Waals surface area contributed by atoms with Crippen LogP contribution in [0.25, 0.3) is 0 Å². The Morgan fingerprint density at radius 1 is 0.129 bits per heavy atom. The number of rotatable bonds is 60. The van der Waals surface area contributed by atoms with Gasteiger partial charge in [-0.1, -0.05) is 406 Å². The molecule has 0 rings (SSSR count). The summed E-state index contributed by atoms with van der Waals surface area (Å²) in [5.41, 5.74) is 0. The molecule has 3 nitrogen and oxygen atoms in total. The first-order chi connectivity index (χ1) is 34.2. The van der Waals surface area contributed by atoms with E-state index in [-0.39, 0.29) is 37.2 Å². The minimum atomic E-state index is 0. The summed E-state index contributed by atoms with van der Waals surface area (Å²) in [6.45, 7) is 7.24. The lowest BCUT2D eigenvalue weighted by molar-refractivity contribution is -0.368. The lowest BCUT2D eigenvalue weighted by atomic mass is 10.0. The summed E-state index contributed by atoms with van der Waals surface area (Å²) in [5.74, 6) is 0. The van der Waals surface area contributed by atoms with Gasteiger partial charge < -0.3 is 15.3 Å². The standard InChI is InChI=1S/3C22H45O.Al/c3*1-2-3-4-5-6-7-8-9-10-11-12-13-14-15-16-17-18-19-20-21-22-23;/h3*2-22H2,1H3;/q3*-1;. The summed E-state index contributed by atoms with van der Waals surface area (Å²) < 4.78 is 0. The third kappa shape index (κ3) is 85.2. The molecule has 0 spiro atoms. The molecule has 0 fully saturated rings. The number of hydrogen-bond donors (Lipinski definition) is 0. The predicted molar refractivity (Wildman–Crippen MR) is 314 cm³/mol. The van der Waals surface area contributed by atoms with E-state index in [0.717, 1.165) is 38.5 Å². The van der Waals surface area contributed by atoms with E-state index in [0.29, 0.717) is 0 Å². The van der Waals surface area contributed by atoms with E-state index >= 15 is 0 Å². The molecule has 0 aromatic heterocycles. The highest BCUT2D eigenvalue weighted by Crippen LogP contribution is 2.18. The summed E-state index contributed by atoms with van der Waals surface area (Å²) in [6.07, 6.45) is 83.3. The topological polar surface area (TPSA) is 69.2 Å². The summed E-state index contributed by atoms with van der Waals surface area (Å²) in [6, 6.07) is 0. The molecule has 0 amide bonds. The van der Waals surface area contributed by atoms with Crippen LogP contribution in [0.2, 0.25) is 0 Å². The van der Waals surface area contributed by atoms with Gasteiger partial charge in [-0.15, -0.1) is 19.8 Å². The van der Waals surface area contributed by atoms with Gasteiger partial charge in [0.05, 0.1) is 0 Å².